The topological polar surface area (TPSA) is 84.3 Å². The van der Waals surface area contributed by atoms with Crippen molar-refractivity contribution >= 4 is 17.5 Å². The van der Waals surface area contributed by atoms with Gasteiger partial charge in [0.1, 0.15) is 5.69 Å². The Kier molecular flexibility index (Phi) is 5.79. The van der Waals surface area contributed by atoms with Crippen molar-refractivity contribution in [2.45, 2.75) is 51.9 Å². The normalized spacial score (nSPS) is 13.3. The molecule has 0 aliphatic heterocycles. The summed E-state index contributed by atoms with van der Waals surface area (Å²) in [6, 6.07) is 1.53. The third kappa shape index (κ3) is 4.12. The molecule has 0 radical (unpaired) electrons. The van der Waals surface area contributed by atoms with Crippen LogP contribution in [0.1, 0.15) is 82.3 Å². The van der Waals surface area contributed by atoms with Gasteiger partial charge in [-0.05, 0) is 36.6 Å². The Balaban J connectivity index is 2.15. The van der Waals surface area contributed by atoms with E-state index in [-0.39, 0.29) is 22.7 Å². The quantitative estimate of drug-likeness (QED) is 0.741. The first-order valence-corrected chi connectivity index (χ1v) is 8.08. The molecule has 1 aromatic heterocycles. The van der Waals surface area contributed by atoms with Crippen molar-refractivity contribution < 1.29 is 19.5 Å². The first-order valence-electron chi connectivity index (χ1n) is 8.08. The molecule has 0 bridgehead atoms. The summed E-state index contributed by atoms with van der Waals surface area (Å²) in [5.74, 6) is -1.88. The highest BCUT2D eigenvalue weighted by Gasteiger charge is 2.25. The van der Waals surface area contributed by atoms with Crippen LogP contribution in [0.15, 0.2) is 18.2 Å². The highest BCUT2D eigenvalue weighted by Crippen LogP contribution is 2.21. The molecule has 5 nitrogen and oxygen atoms in total. The fraction of sp³-hybridized carbons (Fsp3) is 0.444. The number of carbonyl (C=O) groups is 3. The van der Waals surface area contributed by atoms with Gasteiger partial charge in [-0.3, -0.25) is 9.59 Å². The molecule has 0 fully saturated rings. The fourth-order valence-electron chi connectivity index (χ4n) is 2.72. The highest BCUT2D eigenvalue weighted by molar-refractivity contribution is 6.21. The highest BCUT2D eigenvalue weighted by atomic mass is 16.4. The molecule has 122 valence electrons. The molecule has 0 amide bonds. The van der Waals surface area contributed by atoms with Gasteiger partial charge in [-0.1, -0.05) is 39.0 Å². The zero-order chi connectivity index (χ0) is 16.8. The smallest absolute Gasteiger partial charge is 0.354 e. The maximum atomic E-state index is 11.9. The number of unbranched alkanes of at least 4 members (excludes halogenated alkanes) is 5. The molecule has 1 aliphatic carbocycles. The second kappa shape index (κ2) is 7.81. The summed E-state index contributed by atoms with van der Waals surface area (Å²) < 4.78 is 0. The van der Waals surface area contributed by atoms with Crippen LogP contribution >= 0.6 is 0 Å². The van der Waals surface area contributed by atoms with Crippen molar-refractivity contribution in [3.63, 3.8) is 0 Å². The predicted octanol–water partition coefficient (Wildman–Crippen LogP) is 3.62. The Morgan fingerprint density at radius 1 is 1.04 bits per heavy atom. The number of carboxylic acids is 1. The van der Waals surface area contributed by atoms with E-state index in [0.29, 0.717) is 12.0 Å². The van der Waals surface area contributed by atoms with Gasteiger partial charge in [-0.2, -0.15) is 0 Å². The molecule has 5 heteroatoms. The van der Waals surface area contributed by atoms with Crippen LogP contribution in [0.5, 0.6) is 0 Å². The second-order valence-corrected chi connectivity index (χ2v) is 5.78. The minimum Gasteiger partial charge on any atom is -0.477 e. The van der Waals surface area contributed by atoms with E-state index >= 15 is 0 Å². The number of aromatic carboxylic acids is 1. The number of aryl methyl sites for hydroxylation is 1. The number of aromatic nitrogens is 1. The maximum absolute atomic E-state index is 11.9. The van der Waals surface area contributed by atoms with Gasteiger partial charge in [0.15, 0.2) is 11.5 Å². The summed E-state index contributed by atoms with van der Waals surface area (Å²) in [4.78, 5) is 39.0. The molecule has 1 heterocycles. The van der Waals surface area contributed by atoms with Gasteiger partial charge in [-0.15, -0.1) is 0 Å². The van der Waals surface area contributed by atoms with Crippen molar-refractivity contribution in [2.24, 2.45) is 0 Å². The van der Waals surface area contributed by atoms with Crippen LogP contribution in [0.3, 0.4) is 0 Å². The van der Waals surface area contributed by atoms with E-state index in [2.05, 4.69) is 11.9 Å². The lowest BCUT2D eigenvalue weighted by atomic mass is 9.95. The zero-order valence-corrected chi connectivity index (χ0v) is 13.3. The van der Waals surface area contributed by atoms with Gasteiger partial charge in [0.05, 0.1) is 5.56 Å². The number of hydrogen-bond acceptors (Lipinski definition) is 4. The fourth-order valence-corrected chi connectivity index (χ4v) is 2.72. The van der Waals surface area contributed by atoms with E-state index in [9.17, 15) is 19.5 Å². The Morgan fingerprint density at radius 2 is 1.70 bits per heavy atom. The van der Waals surface area contributed by atoms with Crippen LogP contribution in [0.25, 0.3) is 0 Å². The Labute approximate surface area is 135 Å². The van der Waals surface area contributed by atoms with Gasteiger partial charge in [0.2, 0.25) is 5.78 Å². The average Bonchev–Trinajstić information content (AvgIpc) is 2.53. The van der Waals surface area contributed by atoms with E-state index < -0.39 is 11.8 Å². The van der Waals surface area contributed by atoms with E-state index in [1.165, 1.54) is 31.4 Å². The Bertz CT molecular complexity index is 661. The molecule has 2 rings (SSSR count). The van der Waals surface area contributed by atoms with Crippen molar-refractivity contribution in [1.82, 2.24) is 4.98 Å². The van der Waals surface area contributed by atoms with Crippen molar-refractivity contribution in [3.05, 3.63) is 40.7 Å². The van der Waals surface area contributed by atoms with E-state index in [0.717, 1.165) is 25.3 Å². The average molecular weight is 315 g/mol. The SMILES string of the molecule is CCCCCCCCc1cc2c(nc1C(=O)O)C(=O)C=CC2=O. The van der Waals surface area contributed by atoms with Gasteiger partial charge in [0, 0.05) is 0 Å². The summed E-state index contributed by atoms with van der Waals surface area (Å²) in [7, 11) is 0. The number of ketones is 2. The molecule has 0 spiro atoms. The summed E-state index contributed by atoms with van der Waals surface area (Å²) in [5, 5.41) is 9.32. The van der Waals surface area contributed by atoms with Gasteiger partial charge >= 0.3 is 5.97 Å². The van der Waals surface area contributed by atoms with Gasteiger partial charge in [0.25, 0.3) is 0 Å². The minimum atomic E-state index is -1.16. The molecular weight excluding hydrogens is 294 g/mol. The monoisotopic (exact) mass is 315 g/mol. The number of carbonyl (C=O) groups excluding carboxylic acids is 2. The number of nitrogens with zero attached hydrogens (tertiary/aromatic N) is 1. The number of fused-ring (bicyclic) bond motifs is 1. The lowest BCUT2D eigenvalue weighted by Gasteiger charge is -2.13. The van der Waals surface area contributed by atoms with E-state index in [1.807, 2.05) is 0 Å². The van der Waals surface area contributed by atoms with Crippen LogP contribution in [-0.4, -0.2) is 27.6 Å². The third-order valence-corrected chi connectivity index (χ3v) is 3.99. The van der Waals surface area contributed by atoms with Crippen molar-refractivity contribution in [2.75, 3.05) is 0 Å². The molecule has 1 N–H and O–H groups in total. The molecule has 0 aromatic carbocycles. The third-order valence-electron chi connectivity index (χ3n) is 3.99. The Hall–Kier alpha value is -2.30. The van der Waals surface area contributed by atoms with Crippen LogP contribution in [0.4, 0.5) is 0 Å². The number of carboxylic acid groups (broad SMARTS) is 1. The summed E-state index contributed by atoms with van der Waals surface area (Å²) in [5.41, 5.74) is 0.571. The minimum absolute atomic E-state index is 0.0541. The molecule has 0 atom stereocenters. The summed E-state index contributed by atoms with van der Waals surface area (Å²) in [6.07, 6.45) is 9.46. The lowest BCUT2D eigenvalue weighted by molar-refractivity contribution is 0.0688. The van der Waals surface area contributed by atoms with Crippen LogP contribution in [-0.2, 0) is 6.42 Å². The van der Waals surface area contributed by atoms with Crippen molar-refractivity contribution in [1.29, 1.82) is 0 Å². The Morgan fingerprint density at radius 3 is 2.39 bits per heavy atom. The molecule has 23 heavy (non-hydrogen) atoms. The van der Waals surface area contributed by atoms with Crippen LogP contribution < -0.4 is 0 Å². The summed E-state index contributed by atoms with van der Waals surface area (Å²) in [6.45, 7) is 2.16. The van der Waals surface area contributed by atoms with Gasteiger partial charge < -0.3 is 5.11 Å². The molecule has 1 aliphatic rings. The number of rotatable bonds is 8. The molecule has 0 unspecified atom stereocenters. The van der Waals surface area contributed by atoms with E-state index in [1.54, 1.807) is 0 Å². The summed E-state index contributed by atoms with van der Waals surface area (Å²) >= 11 is 0. The number of hydrogen-bond donors (Lipinski definition) is 1. The predicted molar refractivity (Wildman–Crippen MR) is 86.1 cm³/mol. The second-order valence-electron chi connectivity index (χ2n) is 5.78. The lowest BCUT2D eigenvalue weighted by Crippen LogP contribution is -2.18. The maximum Gasteiger partial charge on any atom is 0.354 e. The first kappa shape index (κ1) is 17.1. The van der Waals surface area contributed by atoms with Gasteiger partial charge in [-0.25, -0.2) is 9.78 Å². The largest absolute Gasteiger partial charge is 0.477 e. The first-order chi connectivity index (χ1) is 11.0. The van der Waals surface area contributed by atoms with E-state index in [4.69, 9.17) is 0 Å². The van der Waals surface area contributed by atoms with Crippen LogP contribution in [0, 0.1) is 0 Å². The van der Waals surface area contributed by atoms with Crippen LogP contribution in [0.2, 0.25) is 0 Å². The zero-order valence-electron chi connectivity index (χ0n) is 13.3. The molecular formula is C18H21NO4. The number of pyridine rings is 1. The molecule has 0 saturated carbocycles. The van der Waals surface area contributed by atoms with Crippen molar-refractivity contribution in [3.8, 4) is 0 Å². The molecule has 1 aromatic rings. The number of allylic oxidation sites excluding steroid dienone is 2. The molecule has 0 saturated heterocycles. The standard InChI is InChI=1S/C18H21NO4/c1-2-3-4-5-6-7-8-12-11-13-14(20)9-10-15(21)17(13)19-16(12)18(22)23/h9-11H,2-8H2,1H3,(H,22,23).